The van der Waals surface area contributed by atoms with Crippen LogP contribution in [0.2, 0.25) is 0 Å². The molecule has 182 valence electrons. The second-order valence-corrected chi connectivity index (χ2v) is 9.24. The van der Waals surface area contributed by atoms with Crippen molar-refractivity contribution >= 4 is 33.4 Å². The van der Waals surface area contributed by atoms with E-state index in [0.717, 1.165) is 54.9 Å². The fourth-order valence-electron chi connectivity index (χ4n) is 5.43. The van der Waals surface area contributed by atoms with Gasteiger partial charge in [0.1, 0.15) is 0 Å². The summed E-state index contributed by atoms with van der Waals surface area (Å²) in [6.07, 6.45) is 0. The van der Waals surface area contributed by atoms with Gasteiger partial charge >= 0.3 is 0 Å². The van der Waals surface area contributed by atoms with E-state index in [2.05, 4.69) is 36.4 Å². The second-order valence-electron chi connectivity index (χ2n) is 9.24. The molecule has 0 fully saturated rings. The summed E-state index contributed by atoms with van der Waals surface area (Å²) >= 11 is 0. The smallest absolute Gasteiger partial charge is 0.249 e. The number of carbonyl (C=O) groups excluding carboxylic acids is 2. The van der Waals surface area contributed by atoms with Crippen molar-refractivity contribution in [2.24, 2.45) is 11.5 Å². The van der Waals surface area contributed by atoms with Crippen LogP contribution in [0.3, 0.4) is 0 Å². The lowest BCUT2D eigenvalue weighted by Gasteiger charge is -2.20. The molecule has 6 aromatic carbocycles. The predicted molar refractivity (Wildman–Crippen MR) is 155 cm³/mol. The van der Waals surface area contributed by atoms with Crippen molar-refractivity contribution in [3.8, 4) is 33.4 Å². The molecule has 4 heteroatoms. The highest BCUT2D eigenvalue weighted by molar-refractivity contribution is 6.16. The predicted octanol–water partition coefficient (Wildman–Crippen LogP) is 7.19. The van der Waals surface area contributed by atoms with Crippen molar-refractivity contribution in [1.29, 1.82) is 0 Å². The quantitative estimate of drug-likeness (QED) is 0.267. The molecule has 2 amide bonds. The number of nitrogens with two attached hydrogens (primary N) is 2. The van der Waals surface area contributed by atoms with E-state index in [1.54, 1.807) is 12.1 Å². The normalized spacial score (nSPS) is 11.1. The first kappa shape index (κ1) is 23.2. The first-order valence-corrected chi connectivity index (χ1v) is 12.4. The molecule has 0 saturated heterocycles. The van der Waals surface area contributed by atoms with Crippen LogP contribution in [0.25, 0.3) is 54.9 Å². The summed E-state index contributed by atoms with van der Waals surface area (Å²) in [5.41, 5.74) is 18.5. The summed E-state index contributed by atoms with van der Waals surface area (Å²) in [6.45, 7) is 0. The minimum absolute atomic E-state index is 0.461. The molecule has 0 saturated carbocycles. The third kappa shape index (κ3) is 3.80. The molecule has 0 aliphatic carbocycles. The van der Waals surface area contributed by atoms with Crippen LogP contribution in [0.15, 0.2) is 121 Å². The first-order valence-electron chi connectivity index (χ1n) is 12.4. The van der Waals surface area contributed by atoms with E-state index in [4.69, 9.17) is 11.5 Å². The molecule has 6 rings (SSSR count). The van der Waals surface area contributed by atoms with Crippen molar-refractivity contribution in [3.63, 3.8) is 0 Å². The van der Waals surface area contributed by atoms with Crippen LogP contribution in [0.1, 0.15) is 20.7 Å². The standard InChI is InChI=1S/C34H24N2O2/c35-33(37)29-15-7-13-25-23(29)17-19-27(31(25)21-9-3-1-4-10-21)28-20-18-24-26(14-8-16-30(24)34(36)38)32(28)22-11-5-2-6-12-22/h1-20H,(H2,35,37)(H2,36,38). The highest BCUT2D eigenvalue weighted by Crippen LogP contribution is 2.45. The van der Waals surface area contributed by atoms with Crippen LogP contribution in [-0.2, 0) is 0 Å². The molecule has 0 aromatic heterocycles. The summed E-state index contributed by atoms with van der Waals surface area (Å²) in [5.74, 6) is -0.922. The highest BCUT2D eigenvalue weighted by Gasteiger charge is 2.20. The summed E-state index contributed by atoms with van der Waals surface area (Å²) < 4.78 is 0. The Labute approximate surface area is 220 Å². The molecule has 0 bridgehead atoms. The zero-order chi connectivity index (χ0) is 26.2. The van der Waals surface area contributed by atoms with Gasteiger partial charge in [0.2, 0.25) is 11.8 Å². The fraction of sp³-hybridized carbons (Fsp3) is 0. The lowest BCUT2D eigenvalue weighted by Crippen LogP contribution is -2.11. The third-order valence-electron chi connectivity index (χ3n) is 7.07. The van der Waals surface area contributed by atoms with Crippen LogP contribution >= 0.6 is 0 Å². The Morgan fingerprint density at radius 1 is 0.395 bits per heavy atom. The van der Waals surface area contributed by atoms with Gasteiger partial charge in [-0.05, 0) is 67.1 Å². The van der Waals surface area contributed by atoms with Crippen LogP contribution in [0.5, 0.6) is 0 Å². The Balaban J connectivity index is 1.78. The number of carbonyl (C=O) groups is 2. The zero-order valence-electron chi connectivity index (χ0n) is 20.5. The molecule has 0 unspecified atom stereocenters. The maximum atomic E-state index is 12.3. The van der Waals surface area contributed by atoms with Gasteiger partial charge in [0, 0.05) is 11.1 Å². The summed E-state index contributed by atoms with van der Waals surface area (Å²) in [6, 6.07) is 39.7. The minimum atomic E-state index is -0.461. The highest BCUT2D eigenvalue weighted by atomic mass is 16.1. The van der Waals surface area contributed by atoms with Gasteiger partial charge in [0.15, 0.2) is 0 Å². The van der Waals surface area contributed by atoms with Crippen molar-refractivity contribution in [1.82, 2.24) is 0 Å². The monoisotopic (exact) mass is 492 g/mol. The van der Waals surface area contributed by atoms with E-state index in [9.17, 15) is 9.59 Å². The van der Waals surface area contributed by atoms with E-state index in [1.165, 1.54) is 0 Å². The van der Waals surface area contributed by atoms with Gasteiger partial charge in [-0.1, -0.05) is 109 Å². The summed E-state index contributed by atoms with van der Waals surface area (Å²) in [5, 5.41) is 3.49. The summed E-state index contributed by atoms with van der Waals surface area (Å²) in [4.78, 5) is 24.5. The molecule has 0 spiro atoms. The van der Waals surface area contributed by atoms with Crippen molar-refractivity contribution in [2.75, 3.05) is 0 Å². The number of benzene rings is 6. The van der Waals surface area contributed by atoms with Gasteiger partial charge in [0.25, 0.3) is 0 Å². The van der Waals surface area contributed by atoms with E-state index >= 15 is 0 Å². The Kier molecular flexibility index (Phi) is 5.70. The number of primary amides is 2. The zero-order valence-corrected chi connectivity index (χ0v) is 20.5. The third-order valence-corrected chi connectivity index (χ3v) is 7.07. The number of hydrogen-bond donors (Lipinski definition) is 2. The molecular formula is C34H24N2O2. The molecule has 0 radical (unpaired) electrons. The molecule has 0 aliphatic rings. The van der Waals surface area contributed by atoms with Gasteiger partial charge in [-0.25, -0.2) is 0 Å². The second kappa shape index (κ2) is 9.34. The van der Waals surface area contributed by atoms with E-state index < -0.39 is 11.8 Å². The average molecular weight is 493 g/mol. The molecular weight excluding hydrogens is 468 g/mol. The van der Waals surface area contributed by atoms with Gasteiger partial charge in [0.05, 0.1) is 0 Å². The van der Waals surface area contributed by atoms with Crippen LogP contribution in [0.4, 0.5) is 0 Å². The van der Waals surface area contributed by atoms with Gasteiger partial charge in [-0.15, -0.1) is 0 Å². The number of fused-ring (bicyclic) bond motifs is 2. The van der Waals surface area contributed by atoms with Gasteiger partial charge in [-0.3, -0.25) is 9.59 Å². The van der Waals surface area contributed by atoms with Gasteiger partial charge in [-0.2, -0.15) is 0 Å². The van der Waals surface area contributed by atoms with E-state index in [-0.39, 0.29) is 0 Å². The fourth-order valence-corrected chi connectivity index (χ4v) is 5.43. The van der Waals surface area contributed by atoms with Crippen LogP contribution in [-0.4, -0.2) is 11.8 Å². The maximum absolute atomic E-state index is 12.3. The molecule has 0 heterocycles. The van der Waals surface area contributed by atoms with Crippen LogP contribution in [0, 0.1) is 0 Å². The Hall–Kier alpha value is -5.22. The maximum Gasteiger partial charge on any atom is 0.249 e. The first-order chi connectivity index (χ1) is 18.5. The molecule has 4 N–H and O–H groups in total. The molecule has 6 aromatic rings. The number of amides is 2. The summed E-state index contributed by atoms with van der Waals surface area (Å²) in [7, 11) is 0. The van der Waals surface area contributed by atoms with E-state index in [0.29, 0.717) is 11.1 Å². The molecule has 0 atom stereocenters. The average Bonchev–Trinajstić information content (AvgIpc) is 2.96. The van der Waals surface area contributed by atoms with E-state index in [1.807, 2.05) is 72.8 Å². The van der Waals surface area contributed by atoms with Crippen molar-refractivity contribution in [3.05, 3.63) is 132 Å². The van der Waals surface area contributed by atoms with Crippen LogP contribution < -0.4 is 11.5 Å². The molecule has 38 heavy (non-hydrogen) atoms. The minimum Gasteiger partial charge on any atom is -0.366 e. The lowest BCUT2D eigenvalue weighted by atomic mass is 9.83. The van der Waals surface area contributed by atoms with Gasteiger partial charge < -0.3 is 11.5 Å². The Bertz CT molecular complexity index is 1720. The molecule has 4 nitrogen and oxygen atoms in total. The Morgan fingerprint density at radius 3 is 1.16 bits per heavy atom. The molecule has 0 aliphatic heterocycles. The number of hydrogen-bond acceptors (Lipinski definition) is 2. The van der Waals surface area contributed by atoms with Crippen molar-refractivity contribution in [2.45, 2.75) is 0 Å². The lowest BCUT2D eigenvalue weighted by molar-refractivity contribution is 0.0993. The Morgan fingerprint density at radius 2 is 0.789 bits per heavy atom. The number of rotatable bonds is 5. The topological polar surface area (TPSA) is 86.2 Å². The van der Waals surface area contributed by atoms with Crippen molar-refractivity contribution < 1.29 is 9.59 Å². The largest absolute Gasteiger partial charge is 0.366 e. The SMILES string of the molecule is NC(=O)c1cccc2c(-c3ccccc3)c(-c3ccc4c(C(N)=O)cccc4c3-c3ccccc3)ccc12.